The largest absolute Gasteiger partial charge is 0.324 e. The molecule has 3 heteroatoms. The van der Waals surface area contributed by atoms with Gasteiger partial charge in [0.1, 0.15) is 0 Å². The van der Waals surface area contributed by atoms with Crippen LogP contribution in [0.4, 0.5) is 5.69 Å². The van der Waals surface area contributed by atoms with Gasteiger partial charge in [-0.3, -0.25) is 9.69 Å². The maximum atomic E-state index is 12.5. The second-order valence-corrected chi connectivity index (χ2v) is 5.79. The van der Waals surface area contributed by atoms with E-state index in [1.807, 2.05) is 18.2 Å². The predicted molar refractivity (Wildman–Crippen MR) is 83.1 cm³/mol. The van der Waals surface area contributed by atoms with Crippen LogP contribution in [0.25, 0.3) is 0 Å². The van der Waals surface area contributed by atoms with Gasteiger partial charge >= 0.3 is 0 Å². The second kappa shape index (κ2) is 5.01. The normalized spacial score (nSPS) is 24.9. The van der Waals surface area contributed by atoms with E-state index in [0.717, 1.165) is 25.1 Å². The molecule has 0 aliphatic carbocycles. The molecule has 0 saturated carbocycles. The first-order valence-corrected chi connectivity index (χ1v) is 7.55. The highest BCUT2D eigenvalue weighted by atomic mass is 16.2. The molecule has 2 aromatic carbocycles. The lowest BCUT2D eigenvalue weighted by Crippen LogP contribution is -2.39. The van der Waals surface area contributed by atoms with Gasteiger partial charge in [-0.05, 0) is 36.6 Å². The molecule has 106 valence electrons. The number of hydrogen-bond acceptors (Lipinski definition) is 2. The maximum Gasteiger partial charge on any atom is 0.241 e. The van der Waals surface area contributed by atoms with Gasteiger partial charge in [0.05, 0.1) is 12.1 Å². The monoisotopic (exact) mass is 278 g/mol. The molecule has 0 spiro atoms. The summed E-state index contributed by atoms with van der Waals surface area (Å²) in [5.74, 6) is 0.137. The van der Waals surface area contributed by atoms with Gasteiger partial charge in [-0.25, -0.2) is 0 Å². The van der Waals surface area contributed by atoms with Crippen molar-refractivity contribution in [1.82, 2.24) is 4.90 Å². The Labute approximate surface area is 124 Å². The highest BCUT2D eigenvalue weighted by molar-refractivity contribution is 5.96. The van der Waals surface area contributed by atoms with E-state index in [4.69, 9.17) is 0 Å². The molecule has 2 aromatic rings. The molecule has 1 unspecified atom stereocenters. The van der Waals surface area contributed by atoms with E-state index in [1.165, 1.54) is 11.1 Å². The fraction of sp³-hybridized carbons (Fsp3) is 0.278. The minimum absolute atomic E-state index is 0.0115. The molecule has 1 N–H and O–H groups in total. The van der Waals surface area contributed by atoms with E-state index < -0.39 is 0 Å². The molecule has 2 heterocycles. The Balaban J connectivity index is 1.90. The van der Waals surface area contributed by atoms with Gasteiger partial charge in [-0.2, -0.15) is 0 Å². The number of para-hydroxylation sites is 1. The summed E-state index contributed by atoms with van der Waals surface area (Å²) >= 11 is 0. The first-order valence-electron chi connectivity index (χ1n) is 7.55. The summed E-state index contributed by atoms with van der Waals surface area (Å²) in [5, 5.41) is 3.11. The van der Waals surface area contributed by atoms with E-state index in [2.05, 4.69) is 46.6 Å². The maximum absolute atomic E-state index is 12.5. The van der Waals surface area contributed by atoms with Crippen LogP contribution < -0.4 is 5.32 Å². The highest BCUT2D eigenvalue weighted by Crippen LogP contribution is 2.40. The zero-order valence-corrected chi connectivity index (χ0v) is 11.8. The lowest BCUT2D eigenvalue weighted by atomic mass is 9.96. The molecule has 4 rings (SSSR count). The van der Waals surface area contributed by atoms with Crippen LogP contribution in [0.3, 0.4) is 0 Å². The number of carbonyl (C=O) groups is 1. The Hall–Kier alpha value is -2.13. The van der Waals surface area contributed by atoms with Crippen molar-refractivity contribution in [1.29, 1.82) is 0 Å². The van der Waals surface area contributed by atoms with E-state index in [1.54, 1.807) is 0 Å². The molecule has 1 saturated heterocycles. The predicted octanol–water partition coefficient (Wildman–Crippen LogP) is 3.19. The van der Waals surface area contributed by atoms with Crippen LogP contribution in [0.15, 0.2) is 54.6 Å². The summed E-state index contributed by atoms with van der Waals surface area (Å²) in [6.07, 6.45) is 2.03. The Morgan fingerprint density at radius 2 is 1.76 bits per heavy atom. The average Bonchev–Trinajstić information content (AvgIpc) is 2.96. The minimum Gasteiger partial charge on any atom is -0.324 e. The summed E-state index contributed by atoms with van der Waals surface area (Å²) in [6, 6.07) is 18.8. The molecule has 0 aromatic heterocycles. The highest BCUT2D eigenvalue weighted by Gasteiger charge is 2.40. The van der Waals surface area contributed by atoms with Crippen LogP contribution in [-0.4, -0.2) is 23.4 Å². The summed E-state index contributed by atoms with van der Waals surface area (Å²) in [5.41, 5.74) is 3.40. The van der Waals surface area contributed by atoms with Crippen molar-refractivity contribution in [3.8, 4) is 0 Å². The van der Waals surface area contributed by atoms with Crippen LogP contribution in [0.5, 0.6) is 0 Å². The zero-order chi connectivity index (χ0) is 14.2. The van der Waals surface area contributed by atoms with E-state index in [9.17, 15) is 4.79 Å². The van der Waals surface area contributed by atoms with Gasteiger partial charge in [0, 0.05) is 5.69 Å². The number of carbonyl (C=O) groups excluding carboxylic acids is 1. The fourth-order valence-electron chi connectivity index (χ4n) is 3.63. The van der Waals surface area contributed by atoms with Crippen LogP contribution in [0.1, 0.15) is 30.0 Å². The molecule has 3 nitrogen and oxygen atoms in total. The number of amides is 1. The fourth-order valence-corrected chi connectivity index (χ4v) is 3.63. The number of nitrogens with one attached hydrogen (secondary N) is 1. The Morgan fingerprint density at radius 3 is 2.62 bits per heavy atom. The molecular formula is C18H18N2O. The standard InChI is InChI=1S/C18H18N2O/c21-18-16-11-6-12-20(16)17(13-7-2-1-3-8-13)14-9-4-5-10-15(14)19-18/h1-5,7-10,16-17H,6,11-12H2,(H,19,21)/t16-,17?/m0/s1. The van der Waals surface area contributed by atoms with Gasteiger partial charge in [0.15, 0.2) is 0 Å². The number of anilines is 1. The van der Waals surface area contributed by atoms with Crippen LogP contribution in [0, 0.1) is 0 Å². The number of hydrogen-bond donors (Lipinski definition) is 1. The molecular weight excluding hydrogens is 260 g/mol. The molecule has 0 bridgehead atoms. The molecule has 2 aliphatic heterocycles. The van der Waals surface area contributed by atoms with Gasteiger partial charge in [-0.1, -0.05) is 48.5 Å². The summed E-state index contributed by atoms with van der Waals surface area (Å²) in [6.45, 7) is 0.978. The third-order valence-corrected chi connectivity index (χ3v) is 4.56. The molecule has 2 atom stereocenters. The molecule has 1 fully saturated rings. The number of rotatable bonds is 1. The van der Waals surface area contributed by atoms with Crippen molar-refractivity contribution in [2.45, 2.75) is 24.9 Å². The van der Waals surface area contributed by atoms with Gasteiger partial charge in [0.25, 0.3) is 0 Å². The third kappa shape index (κ3) is 2.05. The van der Waals surface area contributed by atoms with E-state index >= 15 is 0 Å². The molecule has 1 amide bonds. The first-order chi connectivity index (χ1) is 10.3. The Morgan fingerprint density at radius 1 is 1.00 bits per heavy atom. The molecule has 0 radical (unpaired) electrons. The van der Waals surface area contributed by atoms with E-state index in [0.29, 0.717) is 0 Å². The van der Waals surface area contributed by atoms with Crippen molar-refractivity contribution in [3.63, 3.8) is 0 Å². The van der Waals surface area contributed by atoms with Gasteiger partial charge < -0.3 is 5.32 Å². The average molecular weight is 278 g/mol. The SMILES string of the molecule is O=C1Nc2ccccc2C(c2ccccc2)N2CCC[C@@H]12. The molecule has 21 heavy (non-hydrogen) atoms. The van der Waals surface area contributed by atoms with Crippen molar-refractivity contribution in [3.05, 3.63) is 65.7 Å². The lowest BCUT2D eigenvalue weighted by Gasteiger charge is -2.30. The smallest absolute Gasteiger partial charge is 0.241 e. The quantitative estimate of drug-likeness (QED) is 0.869. The van der Waals surface area contributed by atoms with E-state index in [-0.39, 0.29) is 18.0 Å². The summed E-state index contributed by atoms with van der Waals surface area (Å²) in [4.78, 5) is 14.8. The first kappa shape index (κ1) is 12.6. The topological polar surface area (TPSA) is 32.3 Å². The number of benzene rings is 2. The van der Waals surface area contributed by atoms with Crippen LogP contribution >= 0.6 is 0 Å². The van der Waals surface area contributed by atoms with Crippen LogP contribution in [-0.2, 0) is 4.79 Å². The van der Waals surface area contributed by atoms with Gasteiger partial charge in [0.2, 0.25) is 5.91 Å². The van der Waals surface area contributed by atoms with Crippen molar-refractivity contribution in [2.75, 3.05) is 11.9 Å². The molecule has 2 aliphatic rings. The Kier molecular flexibility index (Phi) is 3.00. The number of nitrogens with zero attached hydrogens (tertiary/aromatic N) is 1. The second-order valence-electron chi connectivity index (χ2n) is 5.79. The van der Waals surface area contributed by atoms with Gasteiger partial charge in [-0.15, -0.1) is 0 Å². The third-order valence-electron chi connectivity index (χ3n) is 4.56. The lowest BCUT2D eigenvalue weighted by molar-refractivity contribution is -0.120. The van der Waals surface area contributed by atoms with Crippen molar-refractivity contribution >= 4 is 11.6 Å². The van der Waals surface area contributed by atoms with Crippen molar-refractivity contribution in [2.24, 2.45) is 0 Å². The number of fused-ring (bicyclic) bond motifs is 2. The van der Waals surface area contributed by atoms with Crippen LogP contribution in [0.2, 0.25) is 0 Å². The minimum atomic E-state index is -0.0115. The summed E-state index contributed by atoms with van der Waals surface area (Å²) in [7, 11) is 0. The van der Waals surface area contributed by atoms with Crippen molar-refractivity contribution < 1.29 is 4.79 Å². The zero-order valence-electron chi connectivity index (χ0n) is 11.8. The Bertz CT molecular complexity index is 668. The summed E-state index contributed by atoms with van der Waals surface area (Å²) < 4.78 is 0.